The lowest BCUT2D eigenvalue weighted by atomic mass is 10.1. The average Bonchev–Trinajstić information content (AvgIpc) is 2.34. The van der Waals surface area contributed by atoms with E-state index in [0.717, 1.165) is 25.1 Å². The van der Waals surface area contributed by atoms with E-state index in [1.54, 1.807) is 0 Å². The second-order valence-electron chi connectivity index (χ2n) is 2.38. The average molecular weight is 237 g/mol. The zero-order valence-electron chi connectivity index (χ0n) is 5.85. The van der Waals surface area contributed by atoms with Crippen LogP contribution in [0, 0.1) is 0 Å². The highest BCUT2D eigenvalue weighted by molar-refractivity contribution is 7.01. The Balaban J connectivity index is 0.000000605. The molecule has 0 unspecified atom stereocenters. The number of hydrogen-bond acceptors (Lipinski definition) is 3. The van der Waals surface area contributed by atoms with E-state index in [9.17, 15) is 5.11 Å². The second kappa shape index (κ2) is 3.51. The van der Waals surface area contributed by atoms with E-state index in [2.05, 4.69) is 9.69 Å². The highest BCUT2D eigenvalue weighted by Crippen LogP contribution is 2.22. The van der Waals surface area contributed by atoms with E-state index in [0.29, 0.717) is 5.88 Å². The molecular formula is C6H9BrN2OS. The van der Waals surface area contributed by atoms with E-state index in [-0.39, 0.29) is 17.0 Å². The molecule has 2 heterocycles. The van der Waals surface area contributed by atoms with Crippen LogP contribution in [0.4, 0.5) is 0 Å². The zero-order chi connectivity index (χ0) is 6.97. The van der Waals surface area contributed by atoms with Crippen molar-refractivity contribution in [2.24, 2.45) is 0 Å². The first-order valence-corrected chi connectivity index (χ1v) is 4.11. The molecule has 1 aromatic rings. The van der Waals surface area contributed by atoms with Gasteiger partial charge in [-0.25, -0.2) is 0 Å². The summed E-state index contributed by atoms with van der Waals surface area (Å²) in [4.78, 5) is 1.29. The number of aromatic hydroxyl groups is 1. The van der Waals surface area contributed by atoms with Crippen molar-refractivity contribution in [2.75, 3.05) is 6.54 Å². The summed E-state index contributed by atoms with van der Waals surface area (Å²) in [5, 5.41) is 12.4. The summed E-state index contributed by atoms with van der Waals surface area (Å²) in [5.74, 6) is 0.340. The third kappa shape index (κ3) is 1.55. The summed E-state index contributed by atoms with van der Waals surface area (Å²) in [7, 11) is 0. The number of aromatic nitrogens is 1. The van der Waals surface area contributed by atoms with Crippen LogP contribution in [-0.2, 0) is 13.0 Å². The molecule has 11 heavy (non-hydrogen) atoms. The van der Waals surface area contributed by atoms with Crippen molar-refractivity contribution in [1.29, 1.82) is 0 Å². The van der Waals surface area contributed by atoms with Crippen LogP contribution in [0.25, 0.3) is 0 Å². The molecule has 1 aliphatic rings. The van der Waals surface area contributed by atoms with E-state index >= 15 is 0 Å². The molecular weight excluding hydrogens is 228 g/mol. The molecule has 0 radical (unpaired) electrons. The van der Waals surface area contributed by atoms with E-state index < -0.39 is 0 Å². The lowest BCUT2D eigenvalue weighted by Crippen LogP contribution is -3.00. The van der Waals surface area contributed by atoms with Crippen molar-refractivity contribution in [3.63, 3.8) is 0 Å². The summed E-state index contributed by atoms with van der Waals surface area (Å²) in [5.41, 5.74) is 1.05. The highest BCUT2D eigenvalue weighted by atomic mass is 79.9. The molecule has 1 aromatic heterocycles. The Labute approximate surface area is 79.4 Å². The van der Waals surface area contributed by atoms with Crippen LogP contribution in [-0.4, -0.2) is 11.7 Å². The highest BCUT2D eigenvalue weighted by Gasteiger charge is 2.21. The maximum absolute atomic E-state index is 9.21. The molecule has 3 nitrogen and oxygen atoms in total. The first-order valence-electron chi connectivity index (χ1n) is 3.30. The van der Waals surface area contributed by atoms with Crippen LogP contribution >= 0.6 is 11.5 Å². The van der Waals surface area contributed by atoms with Crippen LogP contribution in [0.2, 0.25) is 0 Å². The second-order valence-corrected chi connectivity index (χ2v) is 3.28. The number of fused-ring (bicyclic) bond motifs is 1. The Bertz CT molecular complexity index is 251. The molecule has 0 atom stereocenters. The summed E-state index contributed by atoms with van der Waals surface area (Å²) < 4.78 is 2.84. The molecule has 0 bridgehead atoms. The minimum absolute atomic E-state index is 0. The largest absolute Gasteiger partial charge is 1.00 e. The minimum Gasteiger partial charge on any atom is -1.00 e. The lowest BCUT2D eigenvalue weighted by molar-refractivity contribution is -0.311. The molecule has 0 aromatic carbocycles. The van der Waals surface area contributed by atoms with Crippen LogP contribution in [0.15, 0.2) is 0 Å². The quantitative estimate of drug-likeness (QED) is 0.502. The molecule has 0 saturated heterocycles. The maximum Gasteiger partial charge on any atom is 0.382 e. The van der Waals surface area contributed by atoms with Gasteiger partial charge >= 0.3 is 5.88 Å². The van der Waals surface area contributed by atoms with Gasteiger partial charge in [0.2, 0.25) is 0 Å². The van der Waals surface area contributed by atoms with Gasteiger partial charge in [0.25, 0.3) is 0 Å². The number of nitrogens with one attached hydrogen (secondary N) is 2. The van der Waals surface area contributed by atoms with Gasteiger partial charge in [0.05, 0.1) is 10.4 Å². The molecule has 0 spiro atoms. The van der Waals surface area contributed by atoms with Gasteiger partial charge in [0, 0.05) is 19.5 Å². The Morgan fingerprint density at radius 3 is 3.09 bits per heavy atom. The first-order chi connectivity index (χ1) is 4.88. The SMILES string of the molecule is Oc1[nH+]sc2c1CNCC2.[Br-]. The number of hydrogen-bond donors (Lipinski definition) is 2. The molecule has 5 heteroatoms. The van der Waals surface area contributed by atoms with Gasteiger partial charge in [-0.3, -0.25) is 0 Å². The van der Waals surface area contributed by atoms with Crippen molar-refractivity contribution in [1.82, 2.24) is 5.32 Å². The van der Waals surface area contributed by atoms with Gasteiger partial charge in [-0.2, -0.15) is 0 Å². The summed E-state index contributed by atoms with van der Waals surface area (Å²) in [6, 6.07) is 0. The molecule has 3 N–H and O–H groups in total. The van der Waals surface area contributed by atoms with Gasteiger partial charge in [0.15, 0.2) is 0 Å². The molecule has 0 saturated carbocycles. The predicted octanol–water partition coefficient (Wildman–Crippen LogP) is -3.08. The van der Waals surface area contributed by atoms with Crippen LogP contribution in [0.1, 0.15) is 10.4 Å². The Kier molecular flexibility index (Phi) is 2.86. The molecule has 0 aliphatic carbocycles. The Morgan fingerprint density at radius 1 is 1.55 bits per heavy atom. The first kappa shape index (κ1) is 8.96. The zero-order valence-corrected chi connectivity index (χ0v) is 8.26. The fourth-order valence-electron chi connectivity index (χ4n) is 1.16. The standard InChI is InChI=1S/C6H8N2OS.BrH/c9-6-4-3-7-2-1-5(4)10-8-6;/h7H,1-3H2,(H,8,9);1H. The third-order valence-electron chi connectivity index (χ3n) is 1.72. The summed E-state index contributed by atoms with van der Waals surface area (Å²) in [6.45, 7) is 1.84. The molecule has 62 valence electrons. The number of halogens is 1. The Morgan fingerprint density at radius 2 is 2.36 bits per heavy atom. The van der Waals surface area contributed by atoms with Gasteiger partial charge in [-0.05, 0) is 0 Å². The third-order valence-corrected chi connectivity index (χ3v) is 2.72. The van der Waals surface area contributed by atoms with Gasteiger partial charge in [0.1, 0.15) is 11.5 Å². The summed E-state index contributed by atoms with van der Waals surface area (Å²) in [6.07, 6.45) is 1.04. The van der Waals surface area contributed by atoms with Gasteiger partial charge < -0.3 is 27.4 Å². The maximum atomic E-state index is 9.21. The van der Waals surface area contributed by atoms with Gasteiger partial charge in [-0.1, -0.05) is 0 Å². The van der Waals surface area contributed by atoms with Crippen LogP contribution < -0.4 is 26.7 Å². The fraction of sp³-hybridized carbons (Fsp3) is 0.500. The predicted molar refractivity (Wildman–Crippen MR) is 38.0 cm³/mol. The van der Waals surface area contributed by atoms with Crippen molar-refractivity contribution in [3.05, 3.63) is 10.4 Å². The monoisotopic (exact) mass is 236 g/mol. The molecule has 1 aliphatic heterocycles. The normalized spacial score (nSPS) is 15.3. The number of H-pyrrole nitrogens is 1. The Hall–Kier alpha value is -0.130. The van der Waals surface area contributed by atoms with E-state index in [1.807, 2.05) is 0 Å². The fourth-order valence-corrected chi connectivity index (χ4v) is 2.00. The number of aromatic amines is 1. The van der Waals surface area contributed by atoms with Crippen LogP contribution in [0.3, 0.4) is 0 Å². The molecule has 0 amide bonds. The number of rotatable bonds is 0. The smallest absolute Gasteiger partial charge is 0.382 e. The van der Waals surface area contributed by atoms with Gasteiger partial charge in [-0.15, -0.1) is 4.37 Å². The van der Waals surface area contributed by atoms with Crippen molar-refractivity contribution in [3.8, 4) is 5.88 Å². The van der Waals surface area contributed by atoms with Crippen LogP contribution in [0.5, 0.6) is 5.88 Å². The minimum atomic E-state index is 0. The van der Waals surface area contributed by atoms with Crippen molar-refractivity contribution >= 4 is 11.5 Å². The van der Waals surface area contributed by atoms with Crippen molar-refractivity contribution < 1.29 is 26.5 Å². The lowest BCUT2D eigenvalue weighted by Gasteiger charge is -2.07. The van der Waals surface area contributed by atoms with Crippen molar-refractivity contribution in [2.45, 2.75) is 13.0 Å². The summed E-state index contributed by atoms with van der Waals surface area (Å²) >= 11 is 1.54. The molecule has 2 rings (SSSR count). The van der Waals surface area contributed by atoms with E-state index in [4.69, 9.17) is 0 Å². The van der Waals surface area contributed by atoms with E-state index in [1.165, 1.54) is 16.4 Å². The molecule has 0 fully saturated rings. The topological polar surface area (TPSA) is 46.4 Å².